The van der Waals surface area contributed by atoms with Crippen LogP contribution in [0.2, 0.25) is 0 Å². The second kappa shape index (κ2) is 6.49. The largest absolute Gasteiger partial charge is 0.328 e. The zero-order valence-corrected chi connectivity index (χ0v) is 12.0. The lowest BCUT2D eigenvalue weighted by molar-refractivity contribution is 0.140. The van der Waals surface area contributed by atoms with Gasteiger partial charge < -0.3 is 10.6 Å². The van der Waals surface area contributed by atoms with Gasteiger partial charge in [-0.05, 0) is 63.8 Å². The molecule has 1 fully saturated rings. The molecule has 0 heterocycles. The number of rotatable bonds is 4. The lowest BCUT2D eigenvalue weighted by Crippen LogP contribution is -2.43. The highest BCUT2D eigenvalue weighted by molar-refractivity contribution is 5.17. The van der Waals surface area contributed by atoms with Crippen LogP contribution in [0.15, 0.2) is 24.3 Å². The fraction of sp³-hybridized carbons (Fsp3) is 0.625. The Morgan fingerprint density at radius 1 is 1.32 bits per heavy atom. The predicted molar refractivity (Wildman–Crippen MR) is 77.6 cm³/mol. The molecule has 1 unspecified atom stereocenters. The van der Waals surface area contributed by atoms with Crippen LogP contribution in [0, 0.1) is 5.82 Å². The Morgan fingerprint density at radius 3 is 2.63 bits per heavy atom. The molecule has 0 radical (unpaired) electrons. The minimum Gasteiger partial charge on any atom is -0.328 e. The van der Waals surface area contributed by atoms with Crippen LogP contribution in [0.5, 0.6) is 0 Å². The summed E-state index contributed by atoms with van der Waals surface area (Å²) < 4.78 is 13.2. The van der Waals surface area contributed by atoms with Gasteiger partial charge in [-0.3, -0.25) is 0 Å². The first-order chi connectivity index (χ1) is 9.06. The molecule has 1 aliphatic rings. The van der Waals surface area contributed by atoms with Crippen molar-refractivity contribution in [3.05, 3.63) is 35.6 Å². The maximum atomic E-state index is 13.2. The maximum absolute atomic E-state index is 13.2. The Kier molecular flexibility index (Phi) is 4.94. The van der Waals surface area contributed by atoms with Crippen molar-refractivity contribution in [3.63, 3.8) is 0 Å². The SMILES string of the molecule is CC(Cc1cccc(F)c1)N(C)C1CCC(N)CC1. The lowest BCUT2D eigenvalue weighted by atomic mass is 9.90. The van der Waals surface area contributed by atoms with Gasteiger partial charge in [0.2, 0.25) is 0 Å². The topological polar surface area (TPSA) is 29.3 Å². The molecule has 0 amide bonds. The van der Waals surface area contributed by atoms with Gasteiger partial charge in [0.05, 0.1) is 0 Å². The van der Waals surface area contributed by atoms with E-state index < -0.39 is 0 Å². The van der Waals surface area contributed by atoms with E-state index in [1.165, 1.54) is 18.9 Å². The van der Waals surface area contributed by atoms with Crippen molar-refractivity contribution in [3.8, 4) is 0 Å². The molecule has 1 atom stereocenters. The van der Waals surface area contributed by atoms with Crippen LogP contribution in [0.3, 0.4) is 0 Å². The smallest absolute Gasteiger partial charge is 0.123 e. The number of hydrogen-bond acceptors (Lipinski definition) is 2. The maximum Gasteiger partial charge on any atom is 0.123 e. The van der Waals surface area contributed by atoms with Crippen molar-refractivity contribution in [1.82, 2.24) is 4.90 Å². The summed E-state index contributed by atoms with van der Waals surface area (Å²) in [5.74, 6) is -0.143. The predicted octanol–water partition coefficient (Wildman–Crippen LogP) is 2.96. The summed E-state index contributed by atoms with van der Waals surface area (Å²) in [5, 5.41) is 0. The standard InChI is InChI=1S/C16H25FN2/c1-12(10-13-4-3-5-14(17)11-13)19(2)16-8-6-15(18)7-9-16/h3-5,11-12,15-16H,6-10,18H2,1-2H3. The second-order valence-corrected chi connectivity index (χ2v) is 5.92. The van der Waals surface area contributed by atoms with E-state index in [1.54, 1.807) is 12.1 Å². The second-order valence-electron chi connectivity index (χ2n) is 5.92. The van der Waals surface area contributed by atoms with E-state index in [9.17, 15) is 4.39 Å². The Labute approximate surface area is 115 Å². The van der Waals surface area contributed by atoms with E-state index in [4.69, 9.17) is 5.73 Å². The van der Waals surface area contributed by atoms with Crippen molar-refractivity contribution in [2.45, 2.75) is 57.2 Å². The summed E-state index contributed by atoms with van der Waals surface area (Å²) in [6.45, 7) is 2.22. The van der Waals surface area contributed by atoms with Crippen molar-refractivity contribution < 1.29 is 4.39 Å². The van der Waals surface area contributed by atoms with Gasteiger partial charge in [0.25, 0.3) is 0 Å². The number of hydrogen-bond donors (Lipinski definition) is 1. The zero-order valence-electron chi connectivity index (χ0n) is 12.0. The van der Waals surface area contributed by atoms with Gasteiger partial charge >= 0.3 is 0 Å². The molecule has 106 valence electrons. The van der Waals surface area contributed by atoms with Crippen LogP contribution >= 0.6 is 0 Å². The molecule has 0 aliphatic heterocycles. The van der Waals surface area contributed by atoms with Gasteiger partial charge in [-0.15, -0.1) is 0 Å². The lowest BCUT2D eigenvalue weighted by Gasteiger charge is -2.37. The van der Waals surface area contributed by atoms with E-state index in [1.807, 2.05) is 6.07 Å². The van der Waals surface area contributed by atoms with Crippen LogP contribution in [0.1, 0.15) is 38.2 Å². The minimum absolute atomic E-state index is 0.143. The molecule has 1 aliphatic carbocycles. The molecule has 2 nitrogen and oxygen atoms in total. The summed E-state index contributed by atoms with van der Waals surface area (Å²) in [4.78, 5) is 2.44. The highest BCUT2D eigenvalue weighted by Gasteiger charge is 2.24. The van der Waals surface area contributed by atoms with E-state index >= 15 is 0 Å². The molecule has 1 saturated carbocycles. The quantitative estimate of drug-likeness (QED) is 0.906. The average molecular weight is 264 g/mol. The van der Waals surface area contributed by atoms with Crippen LogP contribution in [0.25, 0.3) is 0 Å². The molecule has 1 aromatic carbocycles. The summed E-state index contributed by atoms with van der Waals surface area (Å²) in [7, 11) is 2.19. The summed E-state index contributed by atoms with van der Waals surface area (Å²) in [5.41, 5.74) is 7.03. The number of likely N-dealkylation sites (N-methyl/N-ethyl adjacent to an activating group) is 1. The summed E-state index contributed by atoms with van der Waals surface area (Å²) in [6, 6.07) is 8.38. The molecule has 0 aromatic heterocycles. The third kappa shape index (κ3) is 4.02. The molecular formula is C16H25FN2. The Hall–Kier alpha value is -0.930. The van der Waals surface area contributed by atoms with Crippen molar-refractivity contribution in [2.24, 2.45) is 5.73 Å². The monoisotopic (exact) mass is 264 g/mol. The number of nitrogens with zero attached hydrogens (tertiary/aromatic N) is 1. The van der Waals surface area contributed by atoms with Crippen LogP contribution < -0.4 is 5.73 Å². The fourth-order valence-corrected chi connectivity index (χ4v) is 3.02. The molecule has 2 N–H and O–H groups in total. The van der Waals surface area contributed by atoms with Crippen LogP contribution in [0.4, 0.5) is 4.39 Å². The summed E-state index contributed by atoms with van der Waals surface area (Å²) >= 11 is 0. The zero-order chi connectivity index (χ0) is 13.8. The molecule has 1 aromatic rings. The molecule has 19 heavy (non-hydrogen) atoms. The van der Waals surface area contributed by atoms with Crippen LogP contribution in [-0.2, 0) is 6.42 Å². The molecule has 0 saturated heterocycles. The third-order valence-electron chi connectivity index (χ3n) is 4.43. The Balaban J connectivity index is 1.90. The van der Waals surface area contributed by atoms with E-state index in [-0.39, 0.29) is 5.82 Å². The number of halogens is 1. The normalized spacial score (nSPS) is 25.5. The first-order valence-electron chi connectivity index (χ1n) is 7.28. The molecule has 2 rings (SSSR count). The van der Waals surface area contributed by atoms with Crippen LogP contribution in [-0.4, -0.2) is 30.1 Å². The third-order valence-corrected chi connectivity index (χ3v) is 4.43. The van der Waals surface area contributed by atoms with Gasteiger partial charge in [-0.2, -0.15) is 0 Å². The van der Waals surface area contributed by atoms with Crippen molar-refractivity contribution in [2.75, 3.05) is 7.05 Å². The van der Waals surface area contributed by atoms with Gasteiger partial charge in [-0.25, -0.2) is 4.39 Å². The van der Waals surface area contributed by atoms with Crippen molar-refractivity contribution in [1.29, 1.82) is 0 Å². The minimum atomic E-state index is -0.143. The highest BCUT2D eigenvalue weighted by Crippen LogP contribution is 2.23. The van der Waals surface area contributed by atoms with E-state index in [2.05, 4.69) is 18.9 Å². The number of nitrogens with two attached hydrogens (primary N) is 1. The molecule has 0 spiro atoms. The Bertz CT molecular complexity index is 399. The van der Waals surface area contributed by atoms with Gasteiger partial charge in [0, 0.05) is 18.1 Å². The molecule has 0 bridgehead atoms. The van der Waals surface area contributed by atoms with Gasteiger partial charge in [0.15, 0.2) is 0 Å². The van der Waals surface area contributed by atoms with Gasteiger partial charge in [0.1, 0.15) is 5.82 Å². The highest BCUT2D eigenvalue weighted by atomic mass is 19.1. The average Bonchev–Trinajstić information content (AvgIpc) is 2.39. The van der Waals surface area contributed by atoms with Crippen molar-refractivity contribution >= 4 is 0 Å². The first-order valence-corrected chi connectivity index (χ1v) is 7.28. The van der Waals surface area contributed by atoms with E-state index in [0.717, 1.165) is 24.8 Å². The van der Waals surface area contributed by atoms with E-state index in [0.29, 0.717) is 18.1 Å². The van der Waals surface area contributed by atoms with Gasteiger partial charge in [-0.1, -0.05) is 12.1 Å². The first kappa shape index (κ1) is 14.5. The summed E-state index contributed by atoms with van der Waals surface area (Å²) in [6.07, 6.45) is 5.52. The molecular weight excluding hydrogens is 239 g/mol. The fourth-order valence-electron chi connectivity index (χ4n) is 3.02. The number of benzene rings is 1. The molecule has 3 heteroatoms. The Morgan fingerprint density at radius 2 is 2.00 bits per heavy atom.